The van der Waals surface area contributed by atoms with Gasteiger partial charge >= 0.3 is 0 Å². The molecule has 0 aliphatic carbocycles. The maximum absolute atomic E-state index is 12.0. The molecule has 78 valence electrons. The Bertz CT molecular complexity index is 533. The molecule has 2 heterocycles. The highest BCUT2D eigenvalue weighted by Crippen LogP contribution is 2.09. The first-order chi connectivity index (χ1) is 7.24. The van der Waals surface area contributed by atoms with Crippen LogP contribution in [0.25, 0.3) is 10.9 Å². The molecule has 0 fully saturated rings. The molecule has 2 aromatic heterocycles. The summed E-state index contributed by atoms with van der Waals surface area (Å²) in [5.41, 5.74) is 0.666. The molecule has 4 nitrogen and oxygen atoms in total. The lowest BCUT2D eigenvalue weighted by Crippen LogP contribution is -2.23. The van der Waals surface area contributed by atoms with E-state index in [1.165, 1.54) is 0 Å². The monoisotopic (exact) mass is 203 g/mol. The molecule has 0 saturated carbocycles. The number of rotatable bonds is 2. The number of fused-ring (bicyclic) bond motifs is 1. The van der Waals surface area contributed by atoms with Crippen LogP contribution in [0.1, 0.15) is 26.3 Å². The zero-order valence-electron chi connectivity index (χ0n) is 8.84. The second-order valence-corrected chi connectivity index (χ2v) is 3.61. The fraction of sp³-hybridized carbons (Fsp3) is 0.364. The lowest BCUT2D eigenvalue weighted by Gasteiger charge is -2.12. The molecule has 0 aromatic carbocycles. The molecule has 0 bridgehead atoms. The third-order valence-electron chi connectivity index (χ3n) is 2.65. The van der Waals surface area contributed by atoms with Gasteiger partial charge in [-0.1, -0.05) is 6.92 Å². The van der Waals surface area contributed by atoms with Crippen molar-refractivity contribution in [2.45, 2.75) is 26.3 Å². The van der Waals surface area contributed by atoms with E-state index in [0.717, 1.165) is 6.42 Å². The Morgan fingerprint density at radius 3 is 3.07 bits per heavy atom. The van der Waals surface area contributed by atoms with Crippen molar-refractivity contribution in [2.75, 3.05) is 0 Å². The Balaban J connectivity index is 2.71. The second kappa shape index (κ2) is 3.81. The highest BCUT2D eigenvalue weighted by molar-refractivity contribution is 5.75. The van der Waals surface area contributed by atoms with Crippen molar-refractivity contribution < 1.29 is 0 Å². The molecule has 0 spiro atoms. The topological polar surface area (TPSA) is 47.8 Å². The van der Waals surface area contributed by atoms with Crippen LogP contribution < -0.4 is 5.56 Å². The summed E-state index contributed by atoms with van der Waals surface area (Å²) >= 11 is 0. The van der Waals surface area contributed by atoms with Crippen molar-refractivity contribution in [1.29, 1.82) is 0 Å². The first kappa shape index (κ1) is 9.83. The van der Waals surface area contributed by atoms with Gasteiger partial charge < -0.3 is 0 Å². The van der Waals surface area contributed by atoms with E-state index in [0.29, 0.717) is 10.9 Å². The van der Waals surface area contributed by atoms with Gasteiger partial charge in [-0.05, 0) is 19.4 Å². The molecule has 0 aliphatic rings. The molecular weight excluding hydrogens is 190 g/mol. The summed E-state index contributed by atoms with van der Waals surface area (Å²) in [4.78, 5) is 20.2. The number of aromatic nitrogens is 3. The lowest BCUT2D eigenvalue weighted by molar-refractivity contribution is 0.510. The Morgan fingerprint density at radius 2 is 2.33 bits per heavy atom. The molecule has 0 radical (unpaired) electrons. The quantitative estimate of drug-likeness (QED) is 0.747. The van der Waals surface area contributed by atoms with E-state index in [2.05, 4.69) is 9.97 Å². The van der Waals surface area contributed by atoms with E-state index in [9.17, 15) is 4.79 Å². The van der Waals surface area contributed by atoms with E-state index >= 15 is 0 Å². The van der Waals surface area contributed by atoms with Gasteiger partial charge in [-0.15, -0.1) is 0 Å². The van der Waals surface area contributed by atoms with E-state index < -0.39 is 0 Å². The molecule has 1 atom stereocenters. The Morgan fingerprint density at radius 1 is 1.53 bits per heavy atom. The van der Waals surface area contributed by atoms with Gasteiger partial charge in [-0.25, -0.2) is 4.98 Å². The number of nitrogens with zero attached hydrogens (tertiary/aromatic N) is 3. The zero-order chi connectivity index (χ0) is 10.8. The molecule has 0 amide bonds. The summed E-state index contributed by atoms with van der Waals surface area (Å²) in [5.74, 6) is 0. The molecular formula is C11H13N3O. The predicted octanol–water partition coefficient (Wildman–Crippen LogP) is 1.76. The van der Waals surface area contributed by atoms with Crippen molar-refractivity contribution in [3.63, 3.8) is 0 Å². The summed E-state index contributed by atoms with van der Waals surface area (Å²) < 4.78 is 1.67. The van der Waals surface area contributed by atoms with Crippen LogP contribution in [-0.4, -0.2) is 14.5 Å². The predicted molar refractivity (Wildman–Crippen MR) is 58.8 cm³/mol. The third kappa shape index (κ3) is 1.63. The Hall–Kier alpha value is -1.71. The standard InChI is InChI=1S/C11H13N3O/c1-3-8(2)14-7-13-10-6-12-5-4-9(10)11(14)15/h4-8H,3H2,1-2H3. The van der Waals surface area contributed by atoms with E-state index in [-0.39, 0.29) is 11.6 Å². The fourth-order valence-corrected chi connectivity index (χ4v) is 1.50. The normalized spacial score (nSPS) is 12.9. The SMILES string of the molecule is CCC(C)n1cnc2cnccc2c1=O. The fourth-order valence-electron chi connectivity index (χ4n) is 1.50. The van der Waals surface area contributed by atoms with Crippen LogP contribution >= 0.6 is 0 Å². The molecule has 0 N–H and O–H groups in total. The average Bonchev–Trinajstić information content (AvgIpc) is 2.29. The van der Waals surface area contributed by atoms with Gasteiger partial charge in [0.2, 0.25) is 0 Å². The van der Waals surface area contributed by atoms with Crippen LogP contribution in [0.5, 0.6) is 0 Å². The average molecular weight is 203 g/mol. The lowest BCUT2D eigenvalue weighted by atomic mass is 10.2. The van der Waals surface area contributed by atoms with Crippen molar-refractivity contribution in [2.24, 2.45) is 0 Å². The maximum atomic E-state index is 12.0. The summed E-state index contributed by atoms with van der Waals surface area (Å²) in [6.45, 7) is 4.06. The van der Waals surface area contributed by atoms with E-state index in [1.807, 2.05) is 13.8 Å². The summed E-state index contributed by atoms with van der Waals surface area (Å²) in [5, 5.41) is 0.632. The molecule has 1 unspecified atom stereocenters. The largest absolute Gasteiger partial charge is 0.296 e. The van der Waals surface area contributed by atoms with Crippen LogP contribution in [0.3, 0.4) is 0 Å². The first-order valence-electron chi connectivity index (χ1n) is 5.05. The Kier molecular flexibility index (Phi) is 2.49. The first-order valence-corrected chi connectivity index (χ1v) is 5.05. The van der Waals surface area contributed by atoms with Crippen LogP contribution in [0, 0.1) is 0 Å². The van der Waals surface area contributed by atoms with Crippen LogP contribution in [0.4, 0.5) is 0 Å². The molecule has 2 aromatic rings. The van der Waals surface area contributed by atoms with Crippen molar-refractivity contribution in [3.8, 4) is 0 Å². The smallest absolute Gasteiger partial charge is 0.261 e. The molecule has 15 heavy (non-hydrogen) atoms. The van der Waals surface area contributed by atoms with Crippen LogP contribution in [0.2, 0.25) is 0 Å². The van der Waals surface area contributed by atoms with Crippen LogP contribution in [0.15, 0.2) is 29.6 Å². The molecule has 0 saturated heterocycles. The second-order valence-electron chi connectivity index (χ2n) is 3.61. The van der Waals surface area contributed by atoms with Gasteiger partial charge in [-0.2, -0.15) is 0 Å². The minimum atomic E-state index is 0.0109. The van der Waals surface area contributed by atoms with E-state index in [4.69, 9.17) is 0 Å². The van der Waals surface area contributed by atoms with Gasteiger partial charge in [0.1, 0.15) is 0 Å². The van der Waals surface area contributed by atoms with Crippen LogP contribution in [-0.2, 0) is 0 Å². The zero-order valence-corrected chi connectivity index (χ0v) is 8.84. The summed E-state index contributed by atoms with van der Waals surface area (Å²) in [7, 11) is 0. The van der Waals surface area contributed by atoms with Gasteiger partial charge in [0.05, 0.1) is 23.4 Å². The Labute approximate surface area is 87.6 Å². The summed E-state index contributed by atoms with van der Waals surface area (Å²) in [6, 6.07) is 1.89. The van der Waals surface area contributed by atoms with Gasteiger partial charge in [0.25, 0.3) is 5.56 Å². The van der Waals surface area contributed by atoms with Gasteiger partial charge in [0.15, 0.2) is 0 Å². The number of hydrogen-bond donors (Lipinski definition) is 0. The highest BCUT2D eigenvalue weighted by atomic mass is 16.1. The summed E-state index contributed by atoms with van der Waals surface area (Å²) in [6.07, 6.45) is 5.74. The number of pyridine rings is 1. The third-order valence-corrected chi connectivity index (χ3v) is 2.65. The molecule has 4 heteroatoms. The minimum absolute atomic E-state index is 0.0109. The highest BCUT2D eigenvalue weighted by Gasteiger charge is 2.07. The maximum Gasteiger partial charge on any atom is 0.261 e. The van der Waals surface area contributed by atoms with Crippen molar-refractivity contribution in [3.05, 3.63) is 35.1 Å². The molecule has 0 aliphatic heterocycles. The van der Waals surface area contributed by atoms with E-state index in [1.54, 1.807) is 29.4 Å². The van der Waals surface area contributed by atoms with Gasteiger partial charge in [-0.3, -0.25) is 14.3 Å². The van der Waals surface area contributed by atoms with Gasteiger partial charge in [0, 0.05) is 12.2 Å². The van der Waals surface area contributed by atoms with Crippen molar-refractivity contribution in [1.82, 2.24) is 14.5 Å². The number of hydrogen-bond acceptors (Lipinski definition) is 3. The molecule has 2 rings (SSSR count). The van der Waals surface area contributed by atoms with Crippen molar-refractivity contribution >= 4 is 10.9 Å². The minimum Gasteiger partial charge on any atom is -0.296 e.